The van der Waals surface area contributed by atoms with Crippen molar-refractivity contribution >= 4 is 25.1 Å². The molecule has 0 radical (unpaired) electrons. The molecule has 1 aromatic rings. The molecule has 0 aliphatic rings. The highest BCUT2D eigenvalue weighted by atomic mass is 15.2. The summed E-state index contributed by atoms with van der Waals surface area (Å²) in [7, 11) is 0. The van der Waals surface area contributed by atoms with Crippen LogP contribution in [0.4, 0.5) is 11.6 Å². The lowest BCUT2D eigenvalue weighted by molar-refractivity contribution is 0.765. The van der Waals surface area contributed by atoms with Gasteiger partial charge in [0.1, 0.15) is 0 Å². The van der Waals surface area contributed by atoms with Gasteiger partial charge in [0.05, 0.1) is 6.33 Å². The number of hydrogen-bond donors (Lipinski definition) is 0. The van der Waals surface area contributed by atoms with Gasteiger partial charge in [-0.2, -0.15) is 0 Å². The van der Waals surface area contributed by atoms with Gasteiger partial charge in [-0.1, -0.05) is 0 Å². The van der Waals surface area contributed by atoms with Crippen molar-refractivity contribution in [1.29, 1.82) is 0 Å². The topological polar surface area (TPSA) is 42.5 Å². The number of aromatic nitrogens is 2. The van der Waals surface area contributed by atoms with Crippen LogP contribution in [0.1, 0.15) is 6.92 Å². The van der Waals surface area contributed by atoms with Crippen LogP contribution in [0.25, 0.3) is 0 Å². The lowest BCUT2D eigenvalue weighted by Crippen LogP contribution is -1.88. The predicted molar refractivity (Wildman–Crippen MR) is 46.3 cm³/mol. The van der Waals surface area contributed by atoms with E-state index >= 15 is 0 Å². The summed E-state index contributed by atoms with van der Waals surface area (Å²) in [6.07, 6.45) is 1.67. The average Bonchev–Trinajstić information content (AvgIpc) is 2.45. The van der Waals surface area contributed by atoms with Crippen LogP contribution in [0.3, 0.4) is 0 Å². The molecule has 0 aliphatic heterocycles. The molecule has 0 bridgehead atoms. The normalized spacial score (nSPS) is 9.55. The monoisotopic (exact) mass is 150 g/mol. The number of aryl methyl sites for hydroxylation is 1. The minimum atomic E-state index is 0.543. The molecule has 0 saturated carbocycles. The Bertz CT molecular complexity index is 274. The van der Waals surface area contributed by atoms with Crippen LogP contribution in [-0.4, -0.2) is 23.0 Å². The minimum Gasteiger partial charge on any atom is -0.314 e. The highest BCUT2D eigenvalue weighted by Crippen LogP contribution is 2.24. The predicted octanol–water partition coefficient (Wildman–Crippen LogP) is 1.57. The number of hydrogen-bond acceptors (Lipinski definition) is 3. The first-order valence-corrected chi connectivity index (χ1v) is 3.32. The molecule has 1 rings (SSSR count). The molecule has 1 heterocycles. The smallest absolute Gasteiger partial charge is 0.196 e. The zero-order valence-electron chi connectivity index (χ0n) is 6.49. The van der Waals surface area contributed by atoms with Gasteiger partial charge in [-0.25, -0.2) is 15.0 Å². The Labute approximate surface area is 65.3 Å². The number of aliphatic imine (C=N–C) groups is 2. The molecule has 4 heteroatoms. The standard InChI is InChI=1S/C7H10N4/c1-4-11-5-10-6(8-2)7(11)9-3/h5H,2-4H2,1H3. The molecule has 0 unspecified atom stereocenters. The van der Waals surface area contributed by atoms with Crippen LogP contribution in [0.15, 0.2) is 16.3 Å². The van der Waals surface area contributed by atoms with Crippen LogP contribution in [0.5, 0.6) is 0 Å². The SMILES string of the molecule is C=Nc1ncn(CC)c1N=C. The highest BCUT2D eigenvalue weighted by molar-refractivity contribution is 5.58. The molecule has 1 aromatic heterocycles. The van der Waals surface area contributed by atoms with Gasteiger partial charge in [0.25, 0.3) is 0 Å². The molecule has 0 saturated heterocycles. The third kappa shape index (κ3) is 1.19. The molecular formula is C7H10N4. The van der Waals surface area contributed by atoms with Crippen molar-refractivity contribution < 1.29 is 0 Å². The van der Waals surface area contributed by atoms with Gasteiger partial charge in [0.15, 0.2) is 11.6 Å². The fourth-order valence-electron chi connectivity index (χ4n) is 0.870. The zero-order valence-corrected chi connectivity index (χ0v) is 6.49. The van der Waals surface area contributed by atoms with Crippen molar-refractivity contribution in [3.8, 4) is 0 Å². The van der Waals surface area contributed by atoms with E-state index in [1.165, 1.54) is 0 Å². The van der Waals surface area contributed by atoms with E-state index in [0.717, 1.165) is 6.54 Å². The Hall–Kier alpha value is -1.45. The average molecular weight is 150 g/mol. The van der Waals surface area contributed by atoms with Crippen molar-refractivity contribution in [2.45, 2.75) is 13.5 Å². The van der Waals surface area contributed by atoms with E-state index in [-0.39, 0.29) is 0 Å². The van der Waals surface area contributed by atoms with Crippen molar-refractivity contribution in [3.63, 3.8) is 0 Å². The number of nitrogens with zero attached hydrogens (tertiary/aromatic N) is 4. The third-order valence-electron chi connectivity index (χ3n) is 1.43. The van der Waals surface area contributed by atoms with E-state index in [4.69, 9.17) is 0 Å². The summed E-state index contributed by atoms with van der Waals surface area (Å²) in [5.41, 5.74) is 0. The summed E-state index contributed by atoms with van der Waals surface area (Å²) in [5.74, 6) is 1.23. The van der Waals surface area contributed by atoms with Gasteiger partial charge in [-0.15, -0.1) is 0 Å². The van der Waals surface area contributed by atoms with Crippen molar-refractivity contribution in [1.82, 2.24) is 9.55 Å². The number of rotatable bonds is 3. The Morgan fingerprint density at radius 1 is 1.55 bits per heavy atom. The molecule has 58 valence electrons. The Morgan fingerprint density at radius 2 is 2.27 bits per heavy atom. The maximum Gasteiger partial charge on any atom is 0.196 e. The van der Waals surface area contributed by atoms with Crippen molar-refractivity contribution in [2.75, 3.05) is 0 Å². The Kier molecular flexibility index (Phi) is 2.15. The summed E-state index contributed by atoms with van der Waals surface area (Å²) in [6.45, 7) is 9.61. The molecule has 4 nitrogen and oxygen atoms in total. The summed E-state index contributed by atoms with van der Waals surface area (Å²) in [5, 5.41) is 0. The molecule has 0 spiro atoms. The molecule has 0 aromatic carbocycles. The maximum absolute atomic E-state index is 3.98. The van der Waals surface area contributed by atoms with E-state index in [2.05, 4.69) is 28.4 Å². The molecule has 0 atom stereocenters. The van der Waals surface area contributed by atoms with E-state index in [9.17, 15) is 0 Å². The van der Waals surface area contributed by atoms with Gasteiger partial charge in [-0.05, 0) is 20.4 Å². The highest BCUT2D eigenvalue weighted by Gasteiger charge is 2.04. The largest absolute Gasteiger partial charge is 0.314 e. The fraction of sp³-hybridized carbons (Fsp3) is 0.286. The summed E-state index contributed by atoms with van der Waals surface area (Å²) >= 11 is 0. The quantitative estimate of drug-likeness (QED) is 0.603. The summed E-state index contributed by atoms with van der Waals surface area (Å²) in [6, 6.07) is 0. The Balaban J connectivity index is 3.18. The summed E-state index contributed by atoms with van der Waals surface area (Å²) in [4.78, 5) is 11.5. The minimum absolute atomic E-state index is 0.543. The second kappa shape index (κ2) is 3.09. The van der Waals surface area contributed by atoms with Gasteiger partial charge < -0.3 is 4.57 Å². The third-order valence-corrected chi connectivity index (χ3v) is 1.43. The van der Waals surface area contributed by atoms with E-state index in [0.29, 0.717) is 11.6 Å². The number of imidazole rings is 1. The van der Waals surface area contributed by atoms with Crippen LogP contribution in [0.2, 0.25) is 0 Å². The van der Waals surface area contributed by atoms with Gasteiger partial charge in [0.2, 0.25) is 0 Å². The van der Waals surface area contributed by atoms with Gasteiger partial charge in [-0.3, -0.25) is 0 Å². The van der Waals surface area contributed by atoms with Crippen molar-refractivity contribution in [2.24, 2.45) is 9.98 Å². The molecule has 0 amide bonds. The second-order valence-corrected chi connectivity index (χ2v) is 1.99. The van der Waals surface area contributed by atoms with Crippen molar-refractivity contribution in [3.05, 3.63) is 6.33 Å². The van der Waals surface area contributed by atoms with E-state index in [1.54, 1.807) is 6.33 Å². The first-order chi connectivity index (χ1) is 5.33. The van der Waals surface area contributed by atoms with Gasteiger partial charge >= 0.3 is 0 Å². The lowest BCUT2D eigenvalue weighted by Gasteiger charge is -1.97. The van der Waals surface area contributed by atoms with Crippen LogP contribution in [-0.2, 0) is 6.54 Å². The maximum atomic E-state index is 3.98. The van der Waals surface area contributed by atoms with Crippen LogP contribution >= 0.6 is 0 Å². The molecule has 0 fully saturated rings. The zero-order chi connectivity index (χ0) is 8.27. The van der Waals surface area contributed by atoms with E-state index in [1.807, 2.05) is 11.5 Å². The molecule has 11 heavy (non-hydrogen) atoms. The first-order valence-electron chi connectivity index (χ1n) is 3.32. The lowest BCUT2D eigenvalue weighted by atomic mass is 10.6. The molecular weight excluding hydrogens is 140 g/mol. The molecule has 0 N–H and O–H groups in total. The fourth-order valence-corrected chi connectivity index (χ4v) is 0.870. The van der Waals surface area contributed by atoms with E-state index < -0.39 is 0 Å². The van der Waals surface area contributed by atoms with Crippen LogP contribution in [0, 0.1) is 0 Å². The second-order valence-electron chi connectivity index (χ2n) is 1.99. The summed E-state index contributed by atoms with van der Waals surface area (Å²) < 4.78 is 1.86. The van der Waals surface area contributed by atoms with Crippen LogP contribution < -0.4 is 0 Å². The molecule has 0 aliphatic carbocycles. The van der Waals surface area contributed by atoms with Gasteiger partial charge in [0, 0.05) is 6.54 Å². The Morgan fingerprint density at radius 3 is 2.73 bits per heavy atom. The first kappa shape index (κ1) is 7.65.